The van der Waals surface area contributed by atoms with Crippen LogP contribution in [0.15, 0.2) is 18.2 Å². The standard InChI is InChI=1S/C31H45N3O7/c1-18(32-29(37)41-30(2,3)4)27(35)34-13-8-9-23(34)28(36)33-14-12-24-19(17-33)15-22-26(39-24)21-11-10-20(38-7)16-25(21)40-31(22,5)6/h10-11,16,18-19,22-24,26H,8-9,12-15,17H2,1-7H3,(H,32,37)/t18-,19+,22-,23-,24-,26+/m0/s1. The maximum Gasteiger partial charge on any atom is 0.408 e. The molecule has 0 radical (unpaired) electrons. The first kappa shape index (κ1) is 29.5. The van der Waals surface area contributed by atoms with Crippen LogP contribution in [0.5, 0.6) is 11.5 Å². The molecular weight excluding hydrogens is 526 g/mol. The smallest absolute Gasteiger partial charge is 0.408 e. The molecule has 1 N–H and O–H groups in total. The van der Waals surface area contributed by atoms with Gasteiger partial charge in [-0.3, -0.25) is 9.59 Å². The van der Waals surface area contributed by atoms with Gasteiger partial charge in [-0.2, -0.15) is 0 Å². The van der Waals surface area contributed by atoms with Crippen LogP contribution in [0.2, 0.25) is 0 Å². The highest BCUT2D eigenvalue weighted by Gasteiger charge is 2.52. The zero-order valence-electron chi connectivity index (χ0n) is 25.4. The second-order valence-electron chi connectivity index (χ2n) is 13.4. The minimum Gasteiger partial charge on any atom is -0.497 e. The lowest BCUT2D eigenvalue weighted by Crippen LogP contribution is -2.58. The van der Waals surface area contributed by atoms with E-state index >= 15 is 0 Å². The molecule has 5 rings (SSSR count). The first-order valence-electron chi connectivity index (χ1n) is 14.9. The predicted octanol–water partition coefficient (Wildman–Crippen LogP) is 4.07. The van der Waals surface area contributed by atoms with E-state index in [1.807, 2.05) is 23.1 Å². The van der Waals surface area contributed by atoms with E-state index in [1.54, 1.807) is 39.7 Å². The van der Waals surface area contributed by atoms with E-state index in [9.17, 15) is 14.4 Å². The number of hydrogen-bond donors (Lipinski definition) is 1. The molecule has 4 aliphatic rings. The SMILES string of the molecule is COc1ccc2c(c1)OC(C)(C)[C@H]1C[C@@H]3CN(C(=O)[C@@H]4CCCN4C(=O)[C@H](C)NC(=O)OC(C)(C)C)CC[C@@H]3O[C@H]21. The monoisotopic (exact) mass is 571 g/mol. The van der Waals surface area contributed by atoms with Crippen molar-refractivity contribution >= 4 is 17.9 Å². The number of methoxy groups -OCH3 is 1. The molecule has 3 fully saturated rings. The van der Waals surface area contributed by atoms with Crippen LogP contribution in [0.3, 0.4) is 0 Å². The van der Waals surface area contributed by atoms with Gasteiger partial charge in [0.1, 0.15) is 34.8 Å². The van der Waals surface area contributed by atoms with Gasteiger partial charge in [-0.25, -0.2) is 4.79 Å². The number of amides is 3. The summed E-state index contributed by atoms with van der Waals surface area (Å²) < 4.78 is 23.9. The fraction of sp³-hybridized carbons (Fsp3) is 0.710. The number of carbonyl (C=O) groups excluding carboxylic acids is 3. The number of fused-ring (bicyclic) bond motifs is 4. The molecule has 0 aliphatic carbocycles. The molecule has 3 saturated heterocycles. The molecule has 4 aliphatic heterocycles. The van der Waals surface area contributed by atoms with Crippen LogP contribution in [0.1, 0.15) is 78.9 Å². The summed E-state index contributed by atoms with van der Waals surface area (Å²) in [5, 5.41) is 2.62. The Balaban J connectivity index is 1.24. The average Bonchev–Trinajstić information content (AvgIpc) is 3.39. The number of nitrogens with one attached hydrogen (secondary N) is 1. The number of likely N-dealkylation sites (tertiary alicyclic amines) is 2. The minimum absolute atomic E-state index is 0.0162. The second-order valence-corrected chi connectivity index (χ2v) is 13.4. The van der Waals surface area contributed by atoms with Crippen LogP contribution >= 0.6 is 0 Å². The lowest BCUT2D eigenvalue weighted by molar-refractivity contribution is -0.189. The molecule has 0 unspecified atom stereocenters. The third-order valence-corrected chi connectivity index (χ3v) is 8.94. The first-order chi connectivity index (χ1) is 19.3. The number of benzene rings is 1. The van der Waals surface area contributed by atoms with E-state index in [2.05, 4.69) is 19.2 Å². The van der Waals surface area contributed by atoms with Crippen molar-refractivity contribution in [2.75, 3.05) is 26.7 Å². The van der Waals surface area contributed by atoms with Gasteiger partial charge < -0.3 is 34.1 Å². The molecule has 0 bridgehead atoms. The Morgan fingerprint density at radius 1 is 1.15 bits per heavy atom. The Morgan fingerprint density at radius 3 is 2.61 bits per heavy atom. The molecule has 0 saturated carbocycles. The van der Waals surface area contributed by atoms with Gasteiger partial charge in [0.05, 0.1) is 19.3 Å². The fourth-order valence-electron chi connectivity index (χ4n) is 6.90. The lowest BCUT2D eigenvalue weighted by Gasteiger charge is -2.53. The molecule has 0 aromatic heterocycles. The van der Waals surface area contributed by atoms with Gasteiger partial charge in [0, 0.05) is 43.1 Å². The Bertz CT molecular complexity index is 1180. The van der Waals surface area contributed by atoms with Gasteiger partial charge in [-0.05, 0) is 79.4 Å². The molecule has 10 nitrogen and oxygen atoms in total. The van der Waals surface area contributed by atoms with Crippen molar-refractivity contribution in [3.05, 3.63) is 23.8 Å². The normalized spacial score (nSPS) is 29.3. The van der Waals surface area contributed by atoms with Crippen LogP contribution in [0.25, 0.3) is 0 Å². The summed E-state index contributed by atoms with van der Waals surface area (Å²) in [5.41, 5.74) is -0.0433. The molecule has 1 aromatic carbocycles. The summed E-state index contributed by atoms with van der Waals surface area (Å²) in [6, 6.07) is 4.62. The largest absolute Gasteiger partial charge is 0.497 e. The number of alkyl carbamates (subject to hydrolysis) is 1. The van der Waals surface area contributed by atoms with Gasteiger partial charge in [0.2, 0.25) is 11.8 Å². The summed E-state index contributed by atoms with van der Waals surface area (Å²) in [5.74, 6) is 1.62. The van der Waals surface area contributed by atoms with Gasteiger partial charge in [0.25, 0.3) is 0 Å². The lowest BCUT2D eigenvalue weighted by atomic mass is 9.70. The summed E-state index contributed by atoms with van der Waals surface area (Å²) in [6.45, 7) is 12.9. The maximum atomic E-state index is 13.8. The molecular formula is C31H45N3O7. The number of hydrogen-bond acceptors (Lipinski definition) is 7. The van der Waals surface area contributed by atoms with E-state index in [-0.39, 0.29) is 35.9 Å². The van der Waals surface area contributed by atoms with Gasteiger partial charge in [0.15, 0.2) is 0 Å². The number of ether oxygens (including phenoxy) is 4. The molecule has 0 spiro atoms. The number of nitrogens with zero attached hydrogens (tertiary/aromatic N) is 2. The topological polar surface area (TPSA) is 107 Å². The van der Waals surface area contributed by atoms with Crippen LogP contribution in [-0.2, 0) is 19.1 Å². The van der Waals surface area contributed by atoms with Crippen molar-refractivity contribution in [2.24, 2.45) is 11.8 Å². The van der Waals surface area contributed by atoms with Gasteiger partial charge in [-0.1, -0.05) is 0 Å². The van der Waals surface area contributed by atoms with E-state index < -0.39 is 29.4 Å². The van der Waals surface area contributed by atoms with Crippen molar-refractivity contribution in [2.45, 2.75) is 103 Å². The zero-order valence-corrected chi connectivity index (χ0v) is 25.4. The predicted molar refractivity (Wildman–Crippen MR) is 152 cm³/mol. The molecule has 41 heavy (non-hydrogen) atoms. The molecule has 3 amide bonds. The minimum atomic E-state index is -0.788. The number of piperidine rings is 1. The van der Waals surface area contributed by atoms with E-state index in [1.165, 1.54) is 0 Å². The average molecular weight is 572 g/mol. The first-order valence-corrected chi connectivity index (χ1v) is 14.9. The highest BCUT2D eigenvalue weighted by molar-refractivity contribution is 5.91. The summed E-state index contributed by atoms with van der Waals surface area (Å²) >= 11 is 0. The quantitative estimate of drug-likeness (QED) is 0.581. The molecule has 6 atom stereocenters. The highest BCUT2D eigenvalue weighted by Crippen LogP contribution is 2.53. The van der Waals surface area contributed by atoms with Crippen molar-refractivity contribution in [1.82, 2.24) is 15.1 Å². The number of carbonyl (C=O) groups is 3. The third kappa shape index (κ3) is 5.98. The van der Waals surface area contributed by atoms with E-state index in [4.69, 9.17) is 18.9 Å². The molecule has 10 heteroatoms. The third-order valence-electron chi connectivity index (χ3n) is 8.94. The van der Waals surface area contributed by atoms with Crippen molar-refractivity contribution in [3.63, 3.8) is 0 Å². The van der Waals surface area contributed by atoms with Crippen molar-refractivity contribution < 1.29 is 33.3 Å². The van der Waals surface area contributed by atoms with Gasteiger partial charge >= 0.3 is 6.09 Å². The van der Waals surface area contributed by atoms with Crippen LogP contribution in [0.4, 0.5) is 4.79 Å². The Morgan fingerprint density at radius 2 is 1.90 bits per heavy atom. The van der Waals surface area contributed by atoms with Crippen LogP contribution < -0.4 is 14.8 Å². The fourth-order valence-corrected chi connectivity index (χ4v) is 6.90. The zero-order chi connectivity index (χ0) is 29.7. The maximum absolute atomic E-state index is 13.8. The Kier molecular flexibility index (Phi) is 7.91. The van der Waals surface area contributed by atoms with Crippen molar-refractivity contribution in [3.8, 4) is 11.5 Å². The molecule has 4 heterocycles. The molecule has 1 aromatic rings. The second kappa shape index (κ2) is 11.0. The number of rotatable bonds is 4. The van der Waals surface area contributed by atoms with Crippen molar-refractivity contribution in [1.29, 1.82) is 0 Å². The van der Waals surface area contributed by atoms with E-state index in [0.29, 0.717) is 26.1 Å². The van der Waals surface area contributed by atoms with E-state index in [0.717, 1.165) is 36.3 Å². The van der Waals surface area contributed by atoms with Gasteiger partial charge in [-0.15, -0.1) is 0 Å². The van der Waals surface area contributed by atoms with Crippen LogP contribution in [-0.4, -0.2) is 83.8 Å². The summed E-state index contributed by atoms with van der Waals surface area (Å²) in [7, 11) is 1.65. The summed E-state index contributed by atoms with van der Waals surface area (Å²) in [6.07, 6.45) is 2.37. The van der Waals surface area contributed by atoms with Crippen LogP contribution in [0, 0.1) is 11.8 Å². The Hall–Kier alpha value is -3.01. The Labute approximate surface area is 243 Å². The summed E-state index contributed by atoms with van der Waals surface area (Å²) in [4.78, 5) is 42.9. The highest BCUT2D eigenvalue weighted by atomic mass is 16.6. The molecule has 226 valence electrons.